The number of carbonyl (C=O) groups is 1. The van der Waals surface area contributed by atoms with E-state index in [1.54, 1.807) is 6.07 Å². The summed E-state index contributed by atoms with van der Waals surface area (Å²) in [5.41, 5.74) is -0.276. The smallest absolute Gasteiger partial charge is 0.416 e. The molecule has 3 nitrogen and oxygen atoms in total. The summed E-state index contributed by atoms with van der Waals surface area (Å²) in [5, 5.41) is 10.1. The molecule has 1 N–H and O–H groups in total. The standard InChI is InChI=1S/C17H12ClF3O3/c1-24-15-9-10(17(19,20)21)5-6-12(15)11(7-8-22)13-3-2-4-14(18)16(13)23/h2-9,23H,1H3/b11-7+. The van der Waals surface area contributed by atoms with Gasteiger partial charge in [-0.05, 0) is 29.8 Å². The normalized spacial score (nSPS) is 12.1. The van der Waals surface area contributed by atoms with Gasteiger partial charge in [0.25, 0.3) is 0 Å². The molecule has 2 rings (SSSR count). The number of methoxy groups -OCH3 is 1. The maximum Gasteiger partial charge on any atom is 0.416 e. The van der Waals surface area contributed by atoms with E-state index in [4.69, 9.17) is 16.3 Å². The second-order valence-electron chi connectivity index (χ2n) is 4.77. The summed E-state index contributed by atoms with van der Waals surface area (Å²) in [7, 11) is 1.22. The van der Waals surface area contributed by atoms with E-state index in [0.29, 0.717) is 6.29 Å². The fourth-order valence-electron chi connectivity index (χ4n) is 2.22. The minimum absolute atomic E-state index is 0.0511. The predicted octanol–water partition coefficient (Wildman–Crippen LogP) is 4.70. The Morgan fingerprint density at radius 2 is 1.92 bits per heavy atom. The lowest BCUT2D eigenvalue weighted by atomic mass is 9.95. The molecule has 0 fully saturated rings. The summed E-state index contributed by atoms with van der Waals surface area (Å²) < 4.78 is 43.6. The van der Waals surface area contributed by atoms with E-state index < -0.39 is 11.7 Å². The first kappa shape index (κ1) is 17.9. The second kappa shape index (κ2) is 6.97. The minimum atomic E-state index is -4.53. The second-order valence-corrected chi connectivity index (χ2v) is 5.17. The van der Waals surface area contributed by atoms with Gasteiger partial charge in [-0.15, -0.1) is 0 Å². The van der Waals surface area contributed by atoms with Gasteiger partial charge in [0.1, 0.15) is 17.8 Å². The van der Waals surface area contributed by atoms with Gasteiger partial charge in [0.2, 0.25) is 0 Å². The van der Waals surface area contributed by atoms with Crippen LogP contribution in [0.1, 0.15) is 16.7 Å². The van der Waals surface area contributed by atoms with Crippen molar-refractivity contribution in [2.75, 3.05) is 7.11 Å². The van der Waals surface area contributed by atoms with E-state index in [0.717, 1.165) is 18.2 Å². The Morgan fingerprint density at radius 3 is 2.50 bits per heavy atom. The zero-order valence-corrected chi connectivity index (χ0v) is 13.2. The van der Waals surface area contributed by atoms with E-state index >= 15 is 0 Å². The van der Waals surface area contributed by atoms with Crippen LogP contribution >= 0.6 is 11.6 Å². The van der Waals surface area contributed by atoms with Gasteiger partial charge in [0, 0.05) is 11.1 Å². The van der Waals surface area contributed by atoms with Crippen molar-refractivity contribution >= 4 is 23.5 Å². The number of aromatic hydroxyl groups is 1. The summed E-state index contributed by atoms with van der Waals surface area (Å²) in [6.07, 6.45) is -2.94. The molecule has 0 spiro atoms. The van der Waals surface area contributed by atoms with Crippen molar-refractivity contribution in [3.8, 4) is 11.5 Å². The third-order valence-electron chi connectivity index (χ3n) is 3.33. The number of rotatable bonds is 4. The highest BCUT2D eigenvalue weighted by Gasteiger charge is 2.31. The molecule has 0 saturated heterocycles. The van der Waals surface area contributed by atoms with Crippen LogP contribution in [-0.4, -0.2) is 18.5 Å². The van der Waals surface area contributed by atoms with E-state index in [1.165, 1.54) is 25.3 Å². The lowest BCUT2D eigenvalue weighted by molar-refractivity contribution is -0.137. The third kappa shape index (κ3) is 3.54. The molecule has 0 unspecified atom stereocenters. The van der Waals surface area contributed by atoms with Gasteiger partial charge in [-0.25, -0.2) is 0 Å². The van der Waals surface area contributed by atoms with Crippen LogP contribution in [0.3, 0.4) is 0 Å². The number of ether oxygens (including phenoxy) is 1. The molecule has 7 heteroatoms. The molecule has 0 heterocycles. The lowest BCUT2D eigenvalue weighted by Crippen LogP contribution is -2.06. The third-order valence-corrected chi connectivity index (χ3v) is 3.64. The summed E-state index contributed by atoms with van der Waals surface area (Å²) in [4.78, 5) is 11.0. The van der Waals surface area contributed by atoms with Crippen molar-refractivity contribution in [1.82, 2.24) is 0 Å². The first-order valence-electron chi connectivity index (χ1n) is 6.68. The average molecular weight is 357 g/mol. The van der Waals surface area contributed by atoms with Crippen LogP contribution in [0.5, 0.6) is 11.5 Å². The number of aldehydes is 1. The number of carbonyl (C=O) groups excluding carboxylic acids is 1. The van der Waals surface area contributed by atoms with Crippen molar-refractivity contribution in [3.63, 3.8) is 0 Å². The number of para-hydroxylation sites is 1. The van der Waals surface area contributed by atoms with Crippen LogP contribution in [0, 0.1) is 0 Å². The van der Waals surface area contributed by atoms with Crippen molar-refractivity contribution in [3.05, 3.63) is 64.2 Å². The zero-order chi connectivity index (χ0) is 17.9. The highest BCUT2D eigenvalue weighted by molar-refractivity contribution is 6.32. The van der Waals surface area contributed by atoms with Crippen LogP contribution in [0.2, 0.25) is 5.02 Å². The van der Waals surface area contributed by atoms with E-state index in [1.807, 2.05) is 0 Å². The largest absolute Gasteiger partial charge is 0.506 e. The van der Waals surface area contributed by atoms with Crippen molar-refractivity contribution in [2.24, 2.45) is 0 Å². The number of alkyl halides is 3. The number of allylic oxidation sites excluding steroid dienone is 1. The predicted molar refractivity (Wildman–Crippen MR) is 84.3 cm³/mol. The molecule has 2 aromatic rings. The van der Waals surface area contributed by atoms with E-state index in [2.05, 4.69) is 0 Å². The Hall–Kier alpha value is -2.47. The SMILES string of the molecule is COc1cc(C(F)(F)F)ccc1/C(=C\C=O)c1cccc(Cl)c1O. The minimum Gasteiger partial charge on any atom is -0.506 e. The van der Waals surface area contributed by atoms with Crippen molar-refractivity contribution in [2.45, 2.75) is 6.18 Å². The quantitative estimate of drug-likeness (QED) is 0.638. The fourth-order valence-corrected chi connectivity index (χ4v) is 2.39. The van der Waals surface area contributed by atoms with Gasteiger partial charge < -0.3 is 9.84 Å². The van der Waals surface area contributed by atoms with Crippen molar-refractivity contribution < 1.29 is 27.8 Å². The van der Waals surface area contributed by atoms with Gasteiger partial charge >= 0.3 is 6.18 Å². The van der Waals surface area contributed by atoms with Gasteiger partial charge in [-0.2, -0.15) is 13.2 Å². The monoisotopic (exact) mass is 356 g/mol. The molecule has 0 aromatic heterocycles. The Bertz CT molecular complexity index is 798. The molecular formula is C17H12ClF3O3. The van der Waals surface area contributed by atoms with Crippen LogP contribution < -0.4 is 4.74 Å². The fraction of sp³-hybridized carbons (Fsp3) is 0.118. The molecule has 2 aromatic carbocycles. The Kier molecular flexibility index (Phi) is 5.19. The van der Waals surface area contributed by atoms with Crippen LogP contribution in [0.15, 0.2) is 42.5 Å². The highest BCUT2D eigenvalue weighted by atomic mass is 35.5. The topological polar surface area (TPSA) is 46.5 Å². The first-order chi connectivity index (χ1) is 11.3. The molecule has 0 atom stereocenters. The van der Waals surface area contributed by atoms with Crippen molar-refractivity contribution in [1.29, 1.82) is 0 Å². The number of phenolic OH excluding ortho intramolecular Hbond substituents is 1. The number of phenols is 1. The number of benzene rings is 2. The summed E-state index contributed by atoms with van der Waals surface area (Å²) in [5.74, 6) is -0.369. The number of hydrogen-bond acceptors (Lipinski definition) is 3. The van der Waals surface area contributed by atoms with E-state index in [9.17, 15) is 23.1 Å². The van der Waals surface area contributed by atoms with Gasteiger partial charge in [0.15, 0.2) is 0 Å². The molecule has 0 aliphatic rings. The molecule has 0 radical (unpaired) electrons. The molecular weight excluding hydrogens is 345 g/mol. The Labute approximate surface area is 140 Å². The number of hydrogen-bond donors (Lipinski definition) is 1. The zero-order valence-electron chi connectivity index (χ0n) is 12.4. The molecule has 126 valence electrons. The van der Waals surface area contributed by atoms with E-state index in [-0.39, 0.29) is 33.2 Å². The molecule has 0 aliphatic heterocycles. The van der Waals surface area contributed by atoms with Crippen LogP contribution in [-0.2, 0) is 11.0 Å². The molecule has 0 saturated carbocycles. The Morgan fingerprint density at radius 1 is 1.21 bits per heavy atom. The summed E-state index contributed by atoms with van der Waals surface area (Å²) in [6, 6.07) is 7.37. The first-order valence-corrected chi connectivity index (χ1v) is 7.06. The Balaban J connectivity index is 2.67. The summed E-state index contributed by atoms with van der Waals surface area (Å²) in [6.45, 7) is 0. The molecule has 24 heavy (non-hydrogen) atoms. The molecule has 0 aliphatic carbocycles. The molecule has 0 bridgehead atoms. The lowest BCUT2D eigenvalue weighted by Gasteiger charge is -2.16. The number of halogens is 4. The van der Waals surface area contributed by atoms with Crippen LogP contribution in [0.25, 0.3) is 5.57 Å². The van der Waals surface area contributed by atoms with Gasteiger partial charge in [0.05, 0.1) is 17.7 Å². The van der Waals surface area contributed by atoms with Crippen LogP contribution in [0.4, 0.5) is 13.2 Å². The maximum atomic E-state index is 12.8. The molecule has 0 amide bonds. The summed E-state index contributed by atoms with van der Waals surface area (Å²) >= 11 is 5.86. The average Bonchev–Trinajstić information content (AvgIpc) is 2.54. The van der Waals surface area contributed by atoms with Gasteiger partial charge in [-0.1, -0.05) is 29.8 Å². The van der Waals surface area contributed by atoms with Gasteiger partial charge in [-0.3, -0.25) is 4.79 Å². The maximum absolute atomic E-state index is 12.8. The highest BCUT2D eigenvalue weighted by Crippen LogP contribution is 2.40.